The number of hydrogen-bond donors (Lipinski definition) is 1. The van der Waals surface area contributed by atoms with E-state index in [0.717, 1.165) is 6.42 Å². The van der Waals surface area contributed by atoms with Gasteiger partial charge in [-0.25, -0.2) is 13.6 Å². The first-order valence-corrected chi connectivity index (χ1v) is 8.31. The molecule has 0 aromatic heterocycles. The van der Waals surface area contributed by atoms with Crippen molar-refractivity contribution >= 4 is 21.4 Å². The highest BCUT2D eigenvalue weighted by Gasteiger charge is 2.32. The third-order valence-electron chi connectivity index (χ3n) is 4.14. The summed E-state index contributed by atoms with van der Waals surface area (Å²) in [4.78, 5) is 12.1. The average molecular weight is 313 g/mol. The molecule has 0 saturated carbocycles. The van der Waals surface area contributed by atoms with Gasteiger partial charge in [0.25, 0.3) is 0 Å². The lowest BCUT2D eigenvalue weighted by Crippen LogP contribution is -2.38. The van der Waals surface area contributed by atoms with Gasteiger partial charge in [-0.15, -0.1) is 0 Å². The summed E-state index contributed by atoms with van der Waals surface area (Å²) in [6.45, 7) is 5.57. The van der Waals surface area contributed by atoms with E-state index in [4.69, 9.17) is 5.14 Å². The number of benzene rings is 1. The van der Waals surface area contributed by atoms with E-state index in [-0.39, 0.29) is 0 Å². The van der Waals surface area contributed by atoms with Crippen LogP contribution in [0.25, 0.3) is 0 Å². The van der Waals surface area contributed by atoms with E-state index in [0.29, 0.717) is 30.6 Å². The van der Waals surface area contributed by atoms with Crippen LogP contribution in [0, 0.1) is 22.0 Å². The number of nitro benzene ring substituents is 1. The van der Waals surface area contributed by atoms with Crippen molar-refractivity contribution in [2.75, 3.05) is 18.0 Å². The number of primary sulfonamides is 1. The van der Waals surface area contributed by atoms with Crippen molar-refractivity contribution < 1.29 is 13.3 Å². The van der Waals surface area contributed by atoms with Gasteiger partial charge in [-0.2, -0.15) is 0 Å². The summed E-state index contributed by atoms with van der Waals surface area (Å²) in [5, 5.41) is 16.4. The third kappa shape index (κ3) is 3.16. The standard InChI is InChI=1S/C13H19N3O4S/c1-9-6-7-15(8-10(9)2)11-4-3-5-12(21(14,19)20)13(11)16(17)18/h3-5,9-10H,6-8H2,1-2H3,(H2,14,19,20)/t9-,10+/m1/s1. The molecular weight excluding hydrogens is 294 g/mol. The second-order valence-electron chi connectivity index (χ2n) is 5.62. The van der Waals surface area contributed by atoms with Gasteiger partial charge in [-0.05, 0) is 30.4 Å². The molecule has 116 valence electrons. The van der Waals surface area contributed by atoms with Crippen molar-refractivity contribution in [3.05, 3.63) is 28.3 Å². The van der Waals surface area contributed by atoms with Crippen LogP contribution in [-0.4, -0.2) is 26.4 Å². The van der Waals surface area contributed by atoms with Crippen LogP contribution < -0.4 is 10.0 Å². The Morgan fingerprint density at radius 3 is 2.52 bits per heavy atom. The number of nitro groups is 1. The van der Waals surface area contributed by atoms with Gasteiger partial charge in [0.05, 0.1) is 4.92 Å². The molecule has 0 amide bonds. The number of sulfonamides is 1. The average Bonchev–Trinajstić information content (AvgIpc) is 2.40. The molecule has 1 aromatic rings. The predicted molar refractivity (Wildman–Crippen MR) is 79.6 cm³/mol. The molecule has 7 nitrogen and oxygen atoms in total. The second-order valence-corrected chi connectivity index (χ2v) is 7.15. The summed E-state index contributed by atoms with van der Waals surface area (Å²) in [7, 11) is -4.13. The highest BCUT2D eigenvalue weighted by Crippen LogP contribution is 2.36. The van der Waals surface area contributed by atoms with Crippen LogP contribution in [-0.2, 0) is 10.0 Å². The summed E-state index contributed by atoms with van der Waals surface area (Å²) in [6.07, 6.45) is 0.915. The largest absolute Gasteiger partial charge is 0.366 e. The molecule has 1 aliphatic rings. The summed E-state index contributed by atoms with van der Waals surface area (Å²) < 4.78 is 23.1. The summed E-state index contributed by atoms with van der Waals surface area (Å²) >= 11 is 0. The summed E-state index contributed by atoms with van der Waals surface area (Å²) in [5.74, 6) is 0.929. The highest BCUT2D eigenvalue weighted by atomic mass is 32.2. The first kappa shape index (κ1) is 15.7. The normalized spacial score (nSPS) is 23.1. The van der Waals surface area contributed by atoms with E-state index in [1.54, 1.807) is 6.07 Å². The van der Waals surface area contributed by atoms with E-state index >= 15 is 0 Å². The van der Waals surface area contributed by atoms with Gasteiger partial charge in [0.15, 0.2) is 4.90 Å². The lowest BCUT2D eigenvalue weighted by Gasteiger charge is -2.36. The van der Waals surface area contributed by atoms with Crippen LogP contribution in [0.1, 0.15) is 20.3 Å². The molecular formula is C13H19N3O4S. The van der Waals surface area contributed by atoms with Crippen LogP contribution in [0.15, 0.2) is 23.1 Å². The Hall–Kier alpha value is -1.67. The van der Waals surface area contributed by atoms with E-state index in [1.165, 1.54) is 12.1 Å². The van der Waals surface area contributed by atoms with E-state index < -0.39 is 25.5 Å². The maximum absolute atomic E-state index is 11.6. The molecule has 2 N–H and O–H groups in total. The third-order valence-corrected chi connectivity index (χ3v) is 5.08. The molecule has 0 aliphatic carbocycles. The molecule has 21 heavy (non-hydrogen) atoms. The Morgan fingerprint density at radius 2 is 2.00 bits per heavy atom. The monoisotopic (exact) mass is 313 g/mol. The van der Waals surface area contributed by atoms with Crippen LogP contribution >= 0.6 is 0 Å². The van der Waals surface area contributed by atoms with Crippen molar-refractivity contribution in [3.63, 3.8) is 0 Å². The number of anilines is 1. The maximum atomic E-state index is 11.6. The summed E-state index contributed by atoms with van der Waals surface area (Å²) in [6, 6.07) is 4.24. The molecule has 1 heterocycles. The van der Waals surface area contributed by atoms with Crippen molar-refractivity contribution in [1.82, 2.24) is 0 Å². The first-order valence-electron chi connectivity index (χ1n) is 6.77. The number of piperidine rings is 1. The zero-order valence-corrected chi connectivity index (χ0v) is 12.8. The van der Waals surface area contributed by atoms with Gasteiger partial charge in [0.2, 0.25) is 10.0 Å². The first-order chi connectivity index (χ1) is 9.71. The molecule has 0 spiro atoms. The topological polar surface area (TPSA) is 107 Å². The summed E-state index contributed by atoms with van der Waals surface area (Å²) in [5.41, 5.74) is -0.105. The Kier molecular flexibility index (Phi) is 4.20. The number of para-hydroxylation sites is 1. The van der Waals surface area contributed by atoms with Crippen LogP contribution in [0.4, 0.5) is 11.4 Å². The molecule has 1 aliphatic heterocycles. The predicted octanol–water partition coefficient (Wildman–Crippen LogP) is 1.72. The fourth-order valence-electron chi connectivity index (χ4n) is 2.66. The van der Waals surface area contributed by atoms with Crippen LogP contribution in [0.5, 0.6) is 0 Å². The van der Waals surface area contributed by atoms with Crippen molar-refractivity contribution in [1.29, 1.82) is 0 Å². The minimum absolute atomic E-state index is 0.324. The zero-order chi connectivity index (χ0) is 15.8. The van der Waals surface area contributed by atoms with Gasteiger partial charge in [-0.3, -0.25) is 10.1 Å². The van der Waals surface area contributed by atoms with Crippen molar-refractivity contribution in [2.24, 2.45) is 17.0 Å². The molecule has 2 atom stereocenters. The number of rotatable bonds is 3. The van der Waals surface area contributed by atoms with Crippen molar-refractivity contribution in [2.45, 2.75) is 25.2 Å². The highest BCUT2D eigenvalue weighted by molar-refractivity contribution is 7.89. The van der Waals surface area contributed by atoms with Crippen LogP contribution in [0.2, 0.25) is 0 Å². The number of hydrogen-bond acceptors (Lipinski definition) is 5. The Balaban J connectivity index is 2.52. The fourth-order valence-corrected chi connectivity index (χ4v) is 3.38. The molecule has 1 fully saturated rings. The number of nitrogens with two attached hydrogens (primary N) is 1. The zero-order valence-electron chi connectivity index (χ0n) is 12.0. The Bertz CT molecular complexity index is 659. The van der Waals surface area contributed by atoms with E-state index in [1.807, 2.05) is 4.90 Å². The second kappa shape index (κ2) is 5.61. The lowest BCUT2D eigenvalue weighted by molar-refractivity contribution is -0.387. The minimum atomic E-state index is -4.13. The SMILES string of the molecule is C[C@@H]1CCN(c2cccc(S(N)(=O)=O)c2[N+](=O)[O-])C[C@@H]1C. The minimum Gasteiger partial charge on any atom is -0.366 e. The lowest BCUT2D eigenvalue weighted by atomic mass is 9.88. The molecule has 2 rings (SSSR count). The maximum Gasteiger partial charge on any atom is 0.312 e. The Morgan fingerprint density at radius 1 is 1.33 bits per heavy atom. The van der Waals surface area contributed by atoms with Gasteiger partial charge < -0.3 is 4.90 Å². The molecule has 0 bridgehead atoms. The van der Waals surface area contributed by atoms with E-state index in [2.05, 4.69) is 13.8 Å². The smallest absolute Gasteiger partial charge is 0.312 e. The van der Waals surface area contributed by atoms with Crippen LogP contribution in [0.3, 0.4) is 0 Å². The van der Waals surface area contributed by atoms with Gasteiger partial charge in [0, 0.05) is 13.1 Å². The quantitative estimate of drug-likeness (QED) is 0.675. The van der Waals surface area contributed by atoms with Crippen molar-refractivity contribution in [3.8, 4) is 0 Å². The fraction of sp³-hybridized carbons (Fsp3) is 0.538. The molecule has 1 aromatic carbocycles. The van der Waals surface area contributed by atoms with Gasteiger partial charge >= 0.3 is 5.69 Å². The molecule has 8 heteroatoms. The molecule has 0 radical (unpaired) electrons. The molecule has 1 saturated heterocycles. The van der Waals surface area contributed by atoms with Gasteiger partial charge in [-0.1, -0.05) is 19.9 Å². The van der Waals surface area contributed by atoms with Gasteiger partial charge in [0.1, 0.15) is 5.69 Å². The number of nitrogens with zero attached hydrogens (tertiary/aromatic N) is 2. The van der Waals surface area contributed by atoms with E-state index in [9.17, 15) is 18.5 Å². The Labute approximate surface area is 123 Å². The molecule has 0 unspecified atom stereocenters.